The maximum atomic E-state index is 12.2. The molecule has 224 valence electrons. The lowest BCUT2D eigenvalue weighted by Crippen LogP contribution is -2.47. The zero-order valence-electron chi connectivity index (χ0n) is 21.7. The molecular formula is C24H21N7O9S3. The molecule has 0 aliphatic rings. The Balaban J connectivity index is 1.83. The van der Waals surface area contributed by atoms with Gasteiger partial charge >= 0.3 is 0 Å². The molecule has 0 radical (unpaired) electrons. The van der Waals surface area contributed by atoms with Crippen LogP contribution in [0.15, 0.2) is 72.8 Å². The van der Waals surface area contributed by atoms with Gasteiger partial charge in [0.1, 0.15) is 34.7 Å². The summed E-state index contributed by atoms with van der Waals surface area (Å²) in [5.74, 6) is -3.85. The Morgan fingerprint density at radius 1 is 0.488 bits per heavy atom. The van der Waals surface area contributed by atoms with Gasteiger partial charge < -0.3 is 0 Å². The van der Waals surface area contributed by atoms with E-state index < -0.39 is 47.6 Å². The predicted octanol–water partition coefficient (Wildman–Crippen LogP) is 1.76. The van der Waals surface area contributed by atoms with Gasteiger partial charge in [-0.3, -0.25) is 13.7 Å². The number of nitrogens with zero attached hydrogens (tertiary/aromatic N) is 7. The van der Waals surface area contributed by atoms with E-state index in [-0.39, 0.29) is 50.6 Å². The molecule has 0 fully saturated rings. The molecule has 19 heteroatoms. The smallest absolute Gasteiger partial charge is 0.272 e. The number of benzene rings is 3. The summed E-state index contributed by atoms with van der Waals surface area (Å²) in [6.45, 7) is 0. The van der Waals surface area contributed by atoms with E-state index in [2.05, 4.69) is 15.0 Å². The molecule has 3 aromatic carbocycles. The Bertz CT molecular complexity index is 2110. The lowest BCUT2D eigenvalue weighted by molar-refractivity contribution is 0.433. The van der Waals surface area contributed by atoms with E-state index in [1.165, 1.54) is 14.0 Å². The van der Waals surface area contributed by atoms with Gasteiger partial charge in [-0.05, 0) is 36.4 Å². The molecule has 3 aromatic heterocycles. The van der Waals surface area contributed by atoms with Crippen LogP contribution in [0.3, 0.4) is 0 Å². The highest BCUT2D eigenvalue weighted by Gasteiger charge is 2.31. The standard InChI is InChI=1S/C24H21N7O9S3/c32-41(33,34)13-22-25-16-7-1-4-10-19(16)28(22)31(29-20-11-5-2-8-17(20)26-23(29)14-42(35,36)37)30-21-12-6-3-9-18(21)27-24(30)15-43(38,39)40/h1-12H,13-15H2,(H,32,33,34)(H,35,36,37)(H,38,39,40). The summed E-state index contributed by atoms with van der Waals surface area (Å²) in [4.78, 5) is 13.2. The lowest BCUT2D eigenvalue weighted by Gasteiger charge is -2.32. The van der Waals surface area contributed by atoms with Crippen LogP contribution in [0.2, 0.25) is 0 Å². The number of hydrogen-bond acceptors (Lipinski definition) is 10. The summed E-state index contributed by atoms with van der Waals surface area (Å²) in [6.07, 6.45) is 0. The van der Waals surface area contributed by atoms with Gasteiger partial charge in [-0.2, -0.15) is 25.3 Å². The number of aromatic nitrogens is 6. The maximum absolute atomic E-state index is 12.2. The molecule has 0 saturated heterocycles. The third kappa shape index (κ3) is 5.68. The van der Waals surface area contributed by atoms with Gasteiger partial charge in [0.15, 0.2) is 0 Å². The Morgan fingerprint density at radius 2 is 0.744 bits per heavy atom. The number of para-hydroxylation sites is 6. The first-order valence-corrected chi connectivity index (χ1v) is 17.1. The Hall–Kier alpha value is -4.40. The second-order valence-electron chi connectivity index (χ2n) is 9.43. The van der Waals surface area contributed by atoms with Crippen LogP contribution in [0.4, 0.5) is 0 Å². The Kier molecular flexibility index (Phi) is 6.75. The monoisotopic (exact) mass is 647 g/mol. The van der Waals surface area contributed by atoms with Gasteiger partial charge in [0, 0.05) is 0 Å². The molecular weight excluding hydrogens is 627 g/mol. The lowest BCUT2D eigenvalue weighted by atomic mass is 10.3. The van der Waals surface area contributed by atoms with Crippen molar-refractivity contribution in [2.75, 3.05) is 5.23 Å². The minimum absolute atomic E-state index is 0.243. The molecule has 6 aromatic rings. The quantitative estimate of drug-likeness (QED) is 0.191. The van der Waals surface area contributed by atoms with Gasteiger partial charge in [-0.25, -0.2) is 29.0 Å². The van der Waals surface area contributed by atoms with Crippen molar-refractivity contribution in [1.29, 1.82) is 0 Å². The van der Waals surface area contributed by atoms with Gasteiger partial charge in [0.25, 0.3) is 30.4 Å². The molecule has 0 atom stereocenters. The largest absolute Gasteiger partial charge is 0.285 e. The molecule has 3 N–H and O–H groups in total. The fourth-order valence-electron chi connectivity index (χ4n) is 4.83. The van der Waals surface area contributed by atoms with Crippen LogP contribution in [0, 0.1) is 0 Å². The Labute approximate surface area is 243 Å². The molecule has 0 spiro atoms. The summed E-state index contributed by atoms with van der Waals surface area (Å²) in [5.41, 5.74) is 1.50. The van der Waals surface area contributed by atoms with Crippen molar-refractivity contribution in [1.82, 2.24) is 29.0 Å². The highest BCUT2D eigenvalue weighted by molar-refractivity contribution is 7.85. The average Bonchev–Trinajstić information content (AvgIpc) is 3.53. The molecule has 0 aliphatic carbocycles. The van der Waals surface area contributed by atoms with Crippen LogP contribution < -0.4 is 5.23 Å². The van der Waals surface area contributed by atoms with E-state index in [4.69, 9.17) is 0 Å². The molecule has 0 aliphatic heterocycles. The predicted molar refractivity (Wildman–Crippen MR) is 154 cm³/mol. The topological polar surface area (TPSA) is 220 Å². The van der Waals surface area contributed by atoms with Crippen LogP contribution >= 0.6 is 0 Å². The van der Waals surface area contributed by atoms with E-state index in [1.54, 1.807) is 72.8 Å². The molecule has 43 heavy (non-hydrogen) atoms. The first-order valence-electron chi connectivity index (χ1n) is 12.2. The summed E-state index contributed by atoms with van der Waals surface area (Å²) in [7, 11) is -14.1. The number of imidazole rings is 3. The van der Waals surface area contributed by atoms with Gasteiger partial charge in [-0.1, -0.05) is 36.4 Å². The van der Waals surface area contributed by atoms with Gasteiger partial charge in [0.05, 0.1) is 33.1 Å². The molecule has 3 heterocycles. The zero-order valence-corrected chi connectivity index (χ0v) is 24.1. The maximum Gasteiger partial charge on any atom is 0.272 e. The summed E-state index contributed by atoms with van der Waals surface area (Å²) in [6, 6.07) is 19.1. The van der Waals surface area contributed by atoms with Crippen LogP contribution in [0.1, 0.15) is 17.5 Å². The highest BCUT2D eigenvalue weighted by atomic mass is 32.2. The number of hydrogen-bond donors (Lipinski definition) is 3. The van der Waals surface area contributed by atoms with E-state index in [0.29, 0.717) is 0 Å². The van der Waals surface area contributed by atoms with E-state index in [1.807, 2.05) is 0 Å². The third-order valence-corrected chi connectivity index (χ3v) is 8.15. The summed E-state index contributed by atoms with van der Waals surface area (Å²) < 4.78 is 106. The normalized spacial score (nSPS) is 12.9. The SMILES string of the molecule is O=S(=O)(O)Cc1nc2ccccc2n1N(n1c(CS(=O)(=O)O)nc2ccccc21)n1c(CS(=O)(=O)O)nc2ccccc21. The molecule has 6 rings (SSSR count). The van der Waals surface area contributed by atoms with Gasteiger partial charge in [0.2, 0.25) is 0 Å². The fourth-order valence-corrected chi connectivity index (χ4v) is 6.37. The summed E-state index contributed by atoms with van der Waals surface area (Å²) >= 11 is 0. The zero-order chi connectivity index (χ0) is 30.7. The molecule has 0 amide bonds. The van der Waals surface area contributed by atoms with Crippen molar-refractivity contribution >= 4 is 63.5 Å². The van der Waals surface area contributed by atoms with Crippen molar-refractivity contribution in [2.24, 2.45) is 0 Å². The third-order valence-electron chi connectivity index (χ3n) is 6.28. The molecule has 16 nitrogen and oxygen atoms in total. The first kappa shape index (κ1) is 28.7. The highest BCUT2D eigenvalue weighted by Crippen LogP contribution is 2.27. The van der Waals surface area contributed by atoms with Crippen LogP contribution in [0.5, 0.6) is 0 Å². The minimum atomic E-state index is -4.71. The van der Waals surface area contributed by atoms with Crippen molar-refractivity contribution < 1.29 is 38.9 Å². The van der Waals surface area contributed by atoms with Crippen LogP contribution in [0.25, 0.3) is 33.1 Å². The van der Waals surface area contributed by atoms with Crippen molar-refractivity contribution in [2.45, 2.75) is 17.3 Å². The van der Waals surface area contributed by atoms with Crippen LogP contribution in [-0.4, -0.2) is 67.9 Å². The van der Waals surface area contributed by atoms with Crippen molar-refractivity contribution in [3.63, 3.8) is 0 Å². The minimum Gasteiger partial charge on any atom is -0.285 e. The molecule has 0 bridgehead atoms. The van der Waals surface area contributed by atoms with Crippen molar-refractivity contribution in [3.8, 4) is 0 Å². The van der Waals surface area contributed by atoms with Crippen LogP contribution in [-0.2, 0) is 47.6 Å². The van der Waals surface area contributed by atoms with E-state index in [9.17, 15) is 38.9 Å². The Morgan fingerprint density at radius 3 is 1.00 bits per heavy atom. The average molecular weight is 648 g/mol. The molecule has 0 unspecified atom stereocenters. The number of rotatable bonds is 9. The second-order valence-corrected chi connectivity index (χ2v) is 13.8. The fraction of sp³-hybridized carbons (Fsp3) is 0.125. The van der Waals surface area contributed by atoms with Gasteiger partial charge in [-0.15, -0.1) is 5.23 Å². The van der Waals surface area contributed by atoms with E-state index in [0.717, 1.165) is 5.23 Å². The summed E-state index contributed by atoms with van der Waals surface area (Å²) in [5, 5.41) is 1.15. The van der Waals surface area contributed by atoms with Crippen molar-refractivity contribution in [3.05, 3.63) is 90.3 Å². The number of fused-ring (bicyclic) bond motifs is 3. The molecule has 0 saturated carbocycles. The van der Waals surface area contributed by atoms with E-state index >= 15 is 0 Å². The first-order chi connectivity index (χ1) is 20.2. The second kappa shape index (κ2) is 10.1.